The van der Waals surface area contributed by atoms with Gasteiger partial charge in [0.05, 0.1) is 11.9 Å². The molecule has 2 rings (SSSR count). The molecule has 0 saturated carbocycles. The molecule has 7 heteroatoms. The first-order chi connectivity index (χ1) is 7.58. The van der Waals surface area contributed by atoms with Crippen molar-refractivity contribution in [3.8, 4) is 0 Å². The third-order valence-corrected chi connectivity index (χ3v) is 2.51. The van der Waals surface area contributed by atoms with Crippen molar-refractivity contribution in [2.24, 2.45) is 12.8 Å². The lowest BCUT2D eigenvalue weighted by molar-refractivity contribution is 0.603. The van der Waals surface area contributed by atoms with Gasteiger partial charge in [-0.2, -0.15) is 0 Å². The predicted molar refractivity (Wildman–Crippen MR) is 57.5 cm³/mol. The van der Waals surface area contributed by atoms with E-state index in [-0.39, 0.29) is 6.04 Å². The first kappa shape index (κ1) is 10.7. The van der Waals surface area contributed by atoms with E-state index < -0.39 is 0 Å². The molecule has 2 heterocycles. The Morgan fingerprint density at radius 3 is 2.62 bits per heavy atom. The van der Waals surface area contributed by atoms with Crippen LogP contribution in [0.4, 0.5) is 0 Å². The molecule has 0 spiro atoms. The van der Waals surface area contributed by atoms with Gasteiger partial charge in [0.25, 0.3) is 0 Å². The Bertz CT molecular complexity index is 482. The van der Waals surface area contributed by atoms with Gasteiger partial charge in [-0.1, -0.05) is 5.21 Å². The number of aryl methyl sites for hydroxylation is 1. The van der Waals surface area contributed by atoms with Crippen LogP contribution in [-0.2, 0) is 13.6 Å². The molecule has 0 aliphatic carbocycles. The van der Waals surface area contributed by atoms with Crippen LogP contribution in [0.2, 0.25) is 0 Å². The van der Waals surface area contributed by atoms with Gasteiger partial charge in [0.1, 0.15) is 12.4 Å². The van der Waals surface area contributed by atoms with Gasteiger partial charge < -0.3 is 10.3 Å². The molecular formula is C9H15N7. The molecule has 86 valence electrons. The average molecular weight is 221 g/mol. The molecule has 2 aromatic heterocycles. The molecule has 0 radical (unpaired) electrons. The third-order valence-electron chi connectivity index (χ3n) is 2.51. The van der Waals surface area contributed by atoms with Crippen molar-refractivity contribution < 1.29 is 0 Å². The van der Waals surface area contributed by atoms with Crippen molar-refractivity contribution in [1.29, 1.82) is 0 Å². The molecule has 1 unspecified atom stereocenters. The van der Waals surface area contributed by atoms with E-state index in [1.54, 1.807) is 4.68 Å². The highest BCUT2D eigenvalue weighted by atomic mass is 15.4. The molecule has 0 saturated heterocycles. The largest absolute Gasteiger partial charge is 0.323 e. The third kappa shape index (κ3) is 1.94. The highest BCUT2D eigenvalue weighted by molar-refractivity contribution is 5.00. The van der Waals surface area contributed by atoms with E-state index in [2.05, 4.69) is 20.5 Å². The standard InChI is InChI=1S/C9H15N7/c1-6(10)8-4-16(14-12-8)5-9-13-11-7(2)15(9)3/h4,6H,5,10H2,1-3H3. The van der Waals surface area contributed by atoms with Crippen LogP contribution < -0.4 is 5.73 Å². The van der Waals surface area contributed by atoms with Crippen molar-refractivity contribution in [2.45, 2.75) is 26.4 Å². The molecule has 16 heavy (non-hydrogen) atoms. The fourth-order valence-corrected chi connectivity index (χ4v) is 1.33. The molecule has 0 aromatic carbocycles. The van der Waals surface area contributed by atoms with E-state index >= 15 is 0 Å². The zero-order valence-electron chi connectivity index (χ0n) is 9.62. The highest BCUT2D eigenvalue weighted by Gasteiger charge is 2.09. The number of rotatable bonds is 3. The zero-order chi connectivity index (χ0) is 11.7. The number of nitrogens with zero attached hydrogens (tertiary/aromatic N) is 6. The van der Waals surface area contributed by atoms with E-state index in [1.165, 1.54) is 0 Å². The van der Waals surface area contributed by atoms with Crippen molar-refractivity contribution >= 4 is 0 Å². The number of aromatic nitrogens is 6. The minimum Gasteiger partial charge on any atom is -0.323 e. The molecule has 2 aromatic rings. The van der Waals surface area contributed by atoms with E-state index in [9.17, 15) is 0 Å². The molecule has 0 amide bonds. The number of hydrogen-bond donors (Lipinski definition) is 1. The Balaban J connectivity index is 2.17. The van der Waals surface area contributed by atoms with Crippen LogP contribution in [0.1, 0.15) is 30.3 Å². The first-order valence-electron chi connectivity index (χ1n) is 5.08. The topological polar surface area (TPSA) is 87.4 Å². The van der Waals surface area contributed by atoms with E-state index in [0.29, 0.717) is 6.54 Å². The minimum atomic E-state index is -0.102. The maximum Gasteiger partial charge on any atom is 0.154 e. The Hall–Kier alpha value is -1.76. The van der Waals surface area contributed by atoms with Crippen molar-refractivity contribution in [3.05, 3.63) is 23.5 Å². The molecular weight excluding hydrogens is 206 g/mol. The van der Waals surface area contributed by atoms with Gasteiger partial charge in [-0.15, -0.1) is 15.3 Å². The Labute approximate surface area is 93.3 Å². The monoisotopic (exact) mass is 221 g/mol. The summed E-state index contributed by atoms with van der Waals surface area (Å²) in [6.07, 6.45) is 1.83. The van der Waals surface area contributed by atoms with E-state index in [0.717, 1.165) is 17.3 Å². The summed E-state index contributed by atoms with van der Waals surface area (Å²) < 4.78 is 3.63. The number of hydrogen-bond acceptors (Lipinski definition) is 5. The second-order valence-electron chi connectivity index (χ2n) is 3.85. The van der Waals surface area contributed by atoms with Gasteiger partial charge in [0.2, 0.25) is 0 Å². The predicted octanol–water partition coefficient (Wildman–Crippen LogP) is -0.217. The summed E-state index contributed by atoms with van der Waals surface area (Å²) in [4.78, 5) is 0. The van der Waals surface area contributed by atoms with E-state index in [1.807, 2.05) is 31.7 Å². The van der Waals surface area contributed by atoms with Gasteiger partial charge in [0, 0.05) is 13.1 Å². The normalized spacial score (nSPS) is 13.0. The molecule has 2 N–H and O–H groups in total. The summed E-state index contributed by atoms with van der Waals surface area (Å²) in [5.41, 5.74) is 6.48. The fourth-order valence-electron chi connectivity index (χ4n) is 1.33. The summed E-state index contributed by atoms with van der Waals surface area (Å²) in [5.74, 6) is 1.72. The lowest BCUT2D eigenvalue weighted by Crippen LogP contribution is -2.07. The molecule has 0 aliphatic rings. The van der Waals surface area contributed by atoms with Crippen LogP contribution in [0, 0.1) is 6.92 Å². The van der Waals surface area contributed by atoms with Crippen LogP contribution in [0.15, 0.2) is 6.20 Å². The van der Waals surface area contributed by atoms with Gasteiger partial charge in [-0.25, -0.2) is 4.68 Å². The lowest BCUT2D eigenvalue weighted by atomic mass is 10.3. The summed E-state index contributed by atoms with van der Waals surface area (Å²) in [7, 11) is 1.92. The molecule has 1 atom stereocenters. The molecule has 7 nitrogen and oxygen atoms in total. The maximum absolute atomic E-state index is 5.71. The summed E-state index contributed by atoms with van der Waals surface area (Å²) in [5, 5.41) is 16.0. The second kappa shape index (κ2) is 4.01. The van der Waals surface area contributed by atoms with Crippen LogP contribution in [0.5, 0.6) is 0 Å². The molecule has 0 fully saturated rings. The van der Waals surface area contributed by atoms with Crippen molar-refractivity contribution in [1.82, 2.24) is 29.8 Å². The van der Waals surface area contributed by atoms with Crippen LogP contribution >= 0.6 is 0 Å². The van der Waals surface area contributed by atoms with Gasteiger partial charge >= 0.3 is 0 Å². The smallest absolute Gasteiger partial charge is 0.154 e. The van der Waals surface area contributed by atoms with Crippen molar-refractivity contribution in [3.63, 3.8) is 0 Å². The SMILES string of the molecule is Cc1nnc(Cn2cc(C(C)N)nn2)n1C. The Morgan fingerprint density at radius 1 is 1.38 bits per heavy atom. The Morgan fingerprint density at radius 2 is 2.12 bits per heavy atom. The second-order valence-corrected chi connectivity index (χ2v) is 3.85. The van der Waals surface area contributed by atoms with E-state index in [4.69, 9.17) is 5.73 Å². The molecule has 0 bridgehead atoms. The summed E-state index contributed by atoms with van der Waals surface area (Å²) >= 11 is 0. The van der Waals surface area contributed by atoms with Crippen LogP contribution in [0.3, 0.4) is 0 Å². The van der Waals surface area contributed by atoms with Gasteiger partial charge in [-0.05, 0) is 13.8 Å². The fraction of sp³-hybridized carbons (Fsp3) is 0.556. The van der Waals surface area contributed by atoms with Crippen LogP contribution in [-0.4, -0.2) is 29.8 Å². The quantitative estimate of drug-likeness (QED) is 0.774. The highest BCUT2D eigenvalue weighted by Crippen LogP contribution is 2.05. The van der Waals surface area contributed by atoms with Gasteiger partial charge in [0.15, 0.2) is 5.82 Å². The molecule has 0 aliphatic heterocycles. The minimum absolute atomic E-state index is 0.102. The zero-order valence-corrected chi connectivity index (χ0v) is 9.62. The summed E-state index contributed by atoms with van der Waals surface area (Å²) in [6.45, 7) is 4.34. The average Bonchev–Trinajstić information content (AvgIpc) is 2.81. The lowest BCUT2D eigenvalue weighted by Gasteiger charge is -2.00. The Kier molecular flexibility index (Phi) is 2.69. The first-order valence-corrected chi connectivity index (χ1v) is 5.08. The van der Waals surface area contributed by atoms with Gasteiger partial charge in [-0.3, -0.25) is 0 Å². The summed E-state index contributed by atoms with van der Waals surface area (Å²) in [6, 6.07) is -0.102. The van der Waals surface area contributed by atoms with Crippen LogP contribution in [0.25, 0.3) is 0 Å². The maximum atomic E-state index is 5.71. The number of nitrogens with two attached hydrogens (primary N) is 1. The van der Waals surface area contributed by atoms with Crippen molar-refractivity contribution in [2.75, 3.05) is 0 Å².